The molecule has 0 fully saturated rings. The van der Waals surface area contributed by atoms with Crippen molar-refractivity contribution in [2.75, 3.05) is 0 Å². The Morgan fingerprint density at radius 1 is 1.42 bits per heavy atom. The van der Waals surface area contributed by atoms with Crippen LogP contribution in [0.1, 0.15) is 31.6 Å². The number of nitrogens with one attached hydrogen (secondary N) is 1. The van der Waals surface area contributed by atoms with Gasteiger partial charge in [0.15, 0.2) is 0 Å². The van der Waals surface area contributed by atoms with E-state index in [1.807, 2.05) is 19.9 Å². The highest BCUT2D eigenvalue weighted by Crippen LogP contribution is 2.29. The summed E-state index contributed by atoms with van der Waals surface area (Å²) < 4.78 is 5.69. The number of amides is 1. The van der Waals surface area contributed by atoms with Gasteiger partial charge in [-0.25, -0.2) is 0 Å². The Kier molecular flexibility index (Phi) is 5.91. The second-order valence-electron chi connectivity index (χ2n) is 5.91. The van der Waals surface area contributed by atoms with Crippen LogP contribution in [0.3, 0.4) is 0 Å². The fraction of sp³-hybridized carbons (Fsp3) is 0.263. The first kappa shape index (κ1) is 18.9. The van der Waals surface area contributed by atoms with Crippen molar-refractivity contribution in [2.24, 2.45) is 0 Å². The number of hydrogen-bond donors (Lipinski definition) is 1. The molecule has 0 saturated heterocycles. The van der Waals surface area contributed by atoms with Crippen LogP contribution in [0.4, 0.5) is 5.69 Å². The molecule has 7 nitrogen and oxygen atoms in total. The summed E-state index contributed by atoms with van der Waals surface area (Å²) in [7, 11) is 0. The Bertz CT molecular complexity index is 906. The summed E-state index contributed by atoms with van der Waals surface area (Å²) in [4.78, 5) is 22.4. The fourth-order valence-electron chi connectivity index (χ4n) is 2.31. The highest BCUT2D eigenvalue weighted by atomic mass is 16.6. The van der Waals surface area contributed by atoms with E-state index in [4.69, 9.17) is 4.42 Å². The predicted octanol–water partition coefficient (Wildman–Crippen LogP) is 3.98. The van der Waals surface area contributed by atoms with Gasteiger partial charge >= 0.3 is 0 Å². The number of carbonyl (C=O) groups is 1. The maximum absolute atomic E-state index is 12.1. The highest BCUT2D eigenvalue weighted by molar-refractivity contribution is 6.01. The average Bonchev–Trinajstić information content (AvgIpc) is 3.07. The van der Waals surface area contributed by atoms with Crippen LogP contribution in [0.25, 0.3) is 17.4 Å². The first-order chi connectivity index (χ1) is 12.3. The average molecular weight is 353 g/mol. The molecular formula is C19H19N3O4. The highest BCUT2D eigenvalue weighted by Gasteiger charge is 2.14. The largest absolute Gasteiger partial charge is 0.457 e. The van der Waals surface area contributed by atoms with E-state index in [1.54, 1.807) is 25.1 Å². The minimum absolute atomic E-state index is 0.00593. The maximum Gasteiger partial charge on any atom is 0.269 e. The van der Waals surface area contributed by atoms with Gasteiger partial charge in [0.2, 0.25) is 0 Å². The third kappa shape index (κ3) is 4.36. The molecule has 1 amide bonds. The lowest BCUT2D eigenvalue weighted by molar-refractivity contribution is -0.384. The summed E-state index contributed by atoms with van der Waals surface area (Å²) in [5, 5.41) is 22.8. The Labute approximate surface area is 151 Å². The summed E-state index contributed by atoms with van der Waals surface area (Å²) in [6.45, 7) is 5.54. The molecule has 1 aromatic heterocycles. The summed E-state index contributed by atoms with van der Waals surface area (Å²) in [6, 6.07) is 9.66. The van der Waals surface area contributed by atoms with Gasteiger partial charge in [0.05, 0.1) is 4.92 Å². The van der Waals surface area contributed by atoms with E-state index in [9.17, 15) is 20.2 Å². The number of nitriles is 1. The molecule has 1 atom stereocenters. The lowest BCUT2D eigenvalue weighted by atomic mass is 10.1. The molecule has 7 heteroatoms. The molecule has 0 saturated carbocycles. The zero-order chi connectivity index (χ0) is 19.3. The van der Waals surface area contributed by atoms with Crippen molar-refractivity contribution in [3.8, 4) is 17.4 Å². The molecule has 134 valence electrons. The summed E-state index contributed by atoms with van der Waals surface area (Å²) in [5.74, 6) is 0.406. The standard InChI is InChI=1S/C19H19N3O4/c1-4-13(3)21-19(23)14(11-20)10-16-6-8-18(26-16)17-7-5-15(22(24)25)9-12(17)2/h5-10,13H,4H2,1-3H3,(H,21,23)/b14-10+/t13-/m0/s1. The monoisotopic (exact) mass is 353 g/mol. The zero-order valence-corrected chi connectivity index (χ0v) is 14.8. The number of benzene rings is 1. The van der Waals surface area contributed by atoms with Gasteiger partial charge < -0.3 is 9.73 Å². The number of aryl methyl sites for hydroxylation is 1. The molecule has 1 N–H and O–H groups in total. The molecule has 1 heterocycles. The van der Waals surface area contributed by atoms with E-state index >= 15 is 0 Å². The van der Waals surface area contributed by atoms with Crippen LogP contribution in [0, 0.1) is 28.4 Å². The Morgan fingerprint density at radius 3 is 2.73 bits per heavy atom. The molecule has 0 spiro atoms. The predicted molar refractivity (Wildman–Crippen MR) is 97.0 cm³/mol. The third-order valence-electron chi connectivity index (χ3n) is 3.95. The zero-order valence-electron chi connectivity index (χ0n) is 14.8. The van der Waals surface area contributed by atoms with Crippen LogP contribution in [-0.4, -0.2) is 16.9 Å². The second-order valence-corrected chi connectivity index (χ2v) is 5.91. The molecule has 1 aromatic carbocycles. The van der Waals surface area contributed by atoms with Crippen LogP contribution >= 0.6 is 0 Å². The van der Waals surface area contributed by atoms with Crippen molar-refractivity contribution < 1.29 is 14.1 Å². The van der Waals surface area contributed by atoms with Crippen molar-refractivity contribution >= 4 is 17.7 Å². The number of nitro benzene ring substituents is 1. The van der Waals surface area contributed by atoms with Crippen molar-refractivity contribution in [1.29, 1.82) is 5.26 Å². The van der Waals surface area contributed by atoms with Crippen LogP contribution in [0.5, 0.6) is 0 Å². The normalized spacial score (nSPS) is 12.3. The molecule has 0 bridgehead atoms. The Balaban J connectivity index is 2.28. The van der Waals surface area contributed by atoms with Gasteiger partial charge in [0, 0.05) is 29.8 Å². The molecular weight excluding hydrogens is 334 g/mol. The first-order valence-corrected chi connectivity index (χ1v) is 8.13. The molecule has 2 aromatic rings. The second kappa shape index (κ2) is 8.12. The van der Waals surface area contributed by atoms with E-state index in [2.05, 4.69) is 5.32 Å². The first-order valence-electron chi connectivity index (χ1n) is 8.13. The molecule has 0 aliphatic carbocycles. The smallest absolute Gasteiger partial charge is 0.269 e. The van der Waals surface area contributed by atoms with Gasteiger partial charge in [-0.1, -0.05) is 6.92 Å². The van der Waals surface area contributed by atoms with Crippen molar-refractivity contribution in [3.63, 3.8) is 0 Å². The van der Waals surface area contributed by atoms with Crippen LogP contribution in [-0.2, 0) is 4.79 Å². The van der Waals surface area contributed by atoms with E-state index < -0.39 is 10.8 Å². The van der Waals surface area contributed by atoms with Crippen LogP contribution in [0.2, 0.25) is 0 Å². The Morgan fingerprint density at radius 2 is 2.15 bits per heavy atom. The number of carbonyl (C=O) groups excluding carboxylic acids is 1. The van der Waals surface area contributed by atoms with Crippen LogP contribution < -0.4 is 5.32 Å². The number of nitrogens with zero attached hydrogens (tertiary/aromatic N) is 2. The fourth-order valence-corrected chi connectivity index (χ4v) is 2.31. The lowest BCUT2D eigenvalue weighted by Crippen LogP contribution is -2.32. The van der Waals surface area contributed by atoms with Crippen molar-refractivity contribution in [3.05, 3.63) is 57.3 Å². The van der Waals surface area contributed by atoms with Gasteiger partial charge in [-0.15, -0.1) is 0 Å². The summed E-state index contributed by atoms with van der Waals surface area (Å²) in [6.07, 6.45) is 2.14. The van der Waals surface area contributed by atoms with Gasteiger partial charge in [-0.2, -0.15) is 5.26 Å². The molecule has 2 rings (SSSR count). The number of nitro groups is 1. The maximum atomic E-state index is 12.1. The summed E-state index contributed by atoms with van der Waals surface area (Å²) >= 11 is 0. The molecule has 0 radical (unpaired) electrons. The van der Waals surface area contributed by atoms with E-state index in [0.717, 1.165) is 6.42 Å². The lowest BCUT2D eigenvalue weighted by Gasteiger charge is -2.10. The van der Waals surface area contributed by atoms with Gasteiger partial charge in [0.1, 0.15) is 23.2 Å². The number of hydrogen-bond acceptors (Lipinski definition) is 5. The summed E-state index contributed by atoms with van der Waals surface area (Å²) in [5.41, 5.74) is 1.36. The number of furan rings is 1. The van der Waals surface area contributed by atoms with E-state index in [0.29, 0.717) is 22.6 Å². The molecule has 0 aliphatic heterocycles. The SMILES string of the molecule is CC[C@H](C)NC(=O)/C(C#N)=C/c1ccc(-c2ccc([N+](=O)[O-])cc2C)o1. The van der Waals surface area contributed by atoms with Gasteiger partial charge in [-0.3, -0.25) is 14.9 Å². The van der Waals surface area contributed by atoms with Gasteiger partial charge in [0.25, 0.3) is 11.6 Å². The molecule has 0 unspecified atom stereocenters. The third-order valence-corrected chi connectivity index (χ3v) is 3.95. The van der Waals surface area contributed by atoms with Crippen molar-refractivity contribution in [2.45, 2.75) is 33.2 Å². The number of rotatable bonds is 6. The van der Waals surface area contributed by atoms with E-state index in [1.165, 1.54) is 18.2 Å². The Hall–Kier alpha value is -3.40. The van der Waals surface area contributed by atoms with Gasteiger partial charge in [-0.05, 0) is 44.0 Å². The topological polar surface area (TPSA) is 109 Å². The van der Waals surface area contributed by atoms with E-state index in [-0.39, 0.29) is 17.3 Å². The molecule has 26 heavy (non-hydrogen) atoms. The number of non-ortho nitro benzene ring substituents is 1. The quantitative estimate of drug-likeness (QED) is 0.365. The molecule has 0 aliphatic rings. The van der Waals surface area contributed by atoms with Crippen LogP contribution in [0.15, 0.2) is 40.3 Å². The minimum Gasteiger partial charge on any atom is -0.457 e. The van der Waals surface area contributed by atoms with Crippen molar-refractivity contribution in [1.82, 2.24) is 5.32 Å². The minimum atomic E-state index is -0.456.